The van der Waals surface area contributed by atoms with E-state index in [0.717, 1.165) is 0 Å². The van der Waals surface area contributed by atoms with Crippen molar-refractivity contribution in [3.05, 3.63) is 23.3 Å². The van der Waals surface area contributed by atoms with Gasteiger partial charge in [-0.3, -0.25) is 4.79 Å². The molecule has 0 unspecified atom stereocenters. The first-order valence-electron chi connectivity index (χ1n) is 5.13. The number of carbonyl (C=O) groups is 1. The molecule has 112 valence electrons. The molecule has 0 fully saturated rings. The maximum absolute atomic E-state index is 13.4. The minimum atomic E-state index is -5.79. The monoisotopic (exact) mass is 315 g/mol. The van der Waals surface area contributed by atoms with E-state index >= 15 is 0 Å². The van der Waals surface area contributed by atoms with Gasteiger partial charge in [0.1, 0.15) is 15.0 Å². The Bertz CT molecular complexity index is 627. The van der Waals surface area contributed by atoms with Gasteiger partial charge in [-0.25, -0.2) is 17.2 Å². The number of carbonyl (C=O) groups excluding carboxylic acids is 1. The van der Waals surface area contributed by atoms with Gasteiger partial charge in [0, 0.05) is 6.42 Å². The standard InChI is InChI=1S/C10H8F4O5S/c1-2-3-4(15)19-9-5(11)7(13)10(20(16,17)18)8(14)6(9)12/h2-3H2,1H3,(H,16,17,18)/p-1. The Morgan fingerprint density at radius 3 is 1.90 bits per heavy atom. The highest BCUT2D eigenvalue weighted by atomic mass is 32.2. The van der Waals surface area contributed by atoms with Crippen molar-refractivity contribution in [1.82, 2.24) is 0 Å². The summed E-state index contributed by atoms with van der Waals surface area (Å²) in [5.41, 5.74) is 0. The molecular weight excluding hydrogens is 308 g/mol. The van der Waals surface area contributed by atoms with Crippen molar-refractivity contribution in [3.8, 4) is 5.75 Å². The first-order valence-corrected chi connectivity index (χ1v) is 6.54. The second-order valence-corrected chi connectivity index (χ2v) is 4.91. The Morgan fingerprint density at radius 1 is 1.10 bits per heavy atom. The Kier molecular flexibility index (Phi) is 4.71. The van der Waals surface area contributed by atoms with Gasteiger partial charge in [-0.2, -0.15) is 8.78 Å². The molecule has 20 heavy (non-hydrogen) atoms. The van der Waals surface area contributed by atoms with E-state index in [2.05, 4.69) is 4.74 Å². The molecule has 0 spiro atoms. The normalized spacial score (nSPS) is 11.5. The van der Waals surface area contributed by atoms with Crippen LogP contribution in [-0.4, -0.2) is 18.9 Å². The minimum Gasteiger partial charge on any atom is -0.744 e. The fourth-order valence-corrected chi connectivity index (χ4v) is 1.89. The Morgan fingerprint density at radius 2 is 1.55 bits per heavy atom. The van der Waals surface area contributed by atoms with Gasteiger partial charge in [0.05, 0.1) is 0 Å². The smallest absolute Gasteiger partial charge is 0.311 e. The molecule has 0 aliphatic rings. The highest BCUT2D eigenvalue weighted by Gasteiger charge is 2.30. The van der Waals surface area contributed by atoms with E-state index in [1.54, 1.807) is 0 Å². The van der Waals surface area contributed by atoms with Crippen molar-refractivity contribution in [2.75, 3.05) is 0 Å². The third-order valence-electron chi connectivity index (χ3n) is 2.10. The van der Waals surface area contributed by atoms with Crippen LogP contribution in [0.3, 0.4) is 0 Å². The van der Waals surface area contributed by atoms with Gasteiger partial charge in [0.25, 0.3) is 0 Å². The molecule has 5 nitrogen and oxygen atoms in total. The lowest BCUT2D eigenvalue weighted by atomic mass is 10.3. The predicted octanol–water partition coefficient (Wildman–Crippen LogP) is 1.85. The first kappa shape index (κ1) is 16.4. The van der Waals surface area contributed by atoms with Crippen molar-refractivity contribution in [3.63, 3.8) is 0 Å². The van der Waals surface area contributed by atoms with Gasteiger partial charge < -0.3 is 9.29 Å². The second-order valence-electron chi connectivity index (χ2n) is 3.59. The number of halogens is 4. The lowest BCUT2D eigenvalue weighted by molar-refractivity contribution is -0.134. The zero-order chi connectivity index (χ0) is 15.7. The lowest BCUT2D eigenvalue weighted by Gasteiger charge is -2.13. The number of benzene rings is 1. The Hall–Kier alpha value is -1.68. The van der Waals surface area contributed by atoms with Crippen LogP contribution >= 0.6 is 0 Å². The SMILES string of the molecule is CCCC(=O)Oc1c(F)c(F)c(S(=O)(=O)[O-])c(F)c1F. The summed E-state index contributed by atoms with van der Waals surface area (Å²) < 4.78 is 89.0. The third-order valence-corrected chi connectivity index (χ3v) is 2.96. The molecule has 1 aromatic carbocycles. The van der Waals surface area contributed by atoms with E-state index in [1.807, 2.05) is 0 Å². The van der Waals surface area contributed by atoms with Crippen molar-refractivity contribution in [1.29, 1.82) is 0 Å². The van der Waals surface area contributed by atoms with Crippen molar-refractivity contribution >= 4 is 16.1 Å². The zero-order valence-corrected chi connectivity index (χ0v) is 10.7. The molecule has 0 radical (unpaired) electrons. The van der Waals surface area contributed by atoms with Crippen molar-refractivity contribution in [2.24, 2.45) is 0 Å². The second kappa shape index (κ2) is 5.75. The molecule has 0 N–H and O–H groups in total. The average molecular weight is 315 g/mol. The molecule has 0 saturated carbocycles. The molecule has 0 heterocycles. The van der Waals surface area contributed by atoms with E-state index in [9.17, 15) is 35.3 Å². The molecule has 0 bridgehead atoms. The van der Waals surface area contributed by atoms with Crippen LogP contribution in [0, 0.1) is 23.3 Å². The molecule has 0 aromatic heterocycles. The lowest BCUT2D eigenvalue weighted by Crippen LogP contribution is -2.15. The average Bonchev–Trinajstić information content (AvgIpc) is 2.31. The number of rotatable bonds is 4. The first-order chi connectivity index (χ1) is 9.11. The fourth-order valence-electron chi connectivity index (χ4n) is 1.27. The highest BCUT2D eigenvalue weighted by molar-refractivity contribution is 7.85. The van der Waals surface area contributed by atoms with E-state index in [-0.39, 0.29) is 12.8 Å². The topological polar surface area (TPSA) is 83.5 Å². The van der Waals surface area contributed by atoms with Crippen molar-refractivity contribution in [2.45, 2.75) is 24.7 Å². The molecule has 10 heteroatoms. The fraction of sp³-hybridized carbons (Fsp3) is 0.300. The summed E-state index contributed by atoms with van der Waals surface area (Å²) in [4.78, 5) is 8.74. The van der Waals surface area contributed by atoms with Gasteiger partial charge in [0.15, 0.2) is 11.6 Å². The summed E-state index contributed by atoms with van der Waals surface area (Å²) in [6.07, 6.45) is -0.0518. The maximum Gasteiger partial charge on any atom is 0.311 e. The van der Waals surface area contributed by atoms with Crippen LogP contribution in [0.25, 0.3) is 0 Å². The van der Waals surface area contributed by atoms with E-state index in [1.165, 1.54) is 6.92 Å². The third kappa shape index (κ3) is 3.07. The Balaban J connectivity index is 3.49. The van der Waals surface area contributed by atoms with Crippen LogP contribution < -0.4 is 4.74 Å². The van der Waals surface area contributed by atoms with Gasteiger partial charge in [-0.15, -0.1) is 0 Å². The summed E-state index contributed by atoms with van der Waals surface area (Å²) in [6.45, 7) is 1.53. The van der Waals surface area contributed by atoms with Crippen LogP contribution in [0.15, 0.2) is 4.90 Å². The predicted molar refractivity (Wildman–Crippen MR) is 54.8 cm³/mol. The van der Waals surface area contributed by atoms with Crippen LogP contribution in [0.2, 0.25) is 0 Å². The quantitative estimate of drug-likeness (QED) is 0.278. The molecule has 0 amide bonds. The summed E-state index contributed by atoms with van der Waals surface area (Å²) >= 11 is 0. The molecule has 1 aromatic rings. The molecular formula is C10H7F4O5S-. The molecule has 0 aliphatic carbocycles. The number of hydrogen-bond acceptors (Lipinski definition) is 5. The summed E-state index contributed by atoms with van der Waals surface area (Å²) in [5.74, 6) is -12.4. The summed E-state index contributed by atoms with van der Waals surface area (Å²) in [5, 5.41) is 0. The number of ether oxygens (including phenoxy) is 1. The van der Waals surface area contributed by atoms with E-state index in [4.69, 9.17) is 0 Å². The molecule has 0 aliphatic heterocycles. The van der Waals surface area contributed by atoms with Gasteiger partial charge in [-0.1, -0.05) is 6.92 Å². The largest absolute Gasteiger partial charge is 0.744 e. The van der Waals surface area contributed by atoms with Gasteiger partial charge >= 0.3 is 5.97 Å². The van der Waals surface area contributed by atoms with E-state index < -0.39 is 50.0 Å². The molecule has 0 atom stereocenters. The van der Waals surface area contributed by atoms with Crippen LogP contribution in [0.4, 0.5) is 17.6 Å². The number of esters is 1. The van der Waals surface area contributed by atoms with Crippen molar-refractivity contribution < 1.29 is 40.1 Å². The number of hydrogen-bond donors (Lipinski definition) is 0. The molecule has 1 rings (SSSR count). The summed E-state index contributed by atoms with van der Waals surface area (Å²) in [6, 6.07) is 0. The molecule has 0 saturated heterocycles. The highest BCUT2D eigenvalue weighted by Crippen LogP contribution is 2.32. The minimum absolute atomic E-state index is 0.236. The van der Waals surface area contributed by atoms with Crippen LogP contribution in [0.5, 0.6) is 5.75 Å². The van der Waals surface area contributed by atoms with E-state index in [0.29, 0.717) is 0 Å². The summed E-state index contributed by atoms with van der Waals surface area (Å²) in [7, 11) is -5.79. The maximum atomic E-state index is 13.4. The zero-order valence-electron chi connectivity index (χ0n) is 9.88. The van der Waals surface area contributed by atoms with Crippen LogP contribution in [-0.2, 0) is 14.9 Å². The van der Waals surface area contributed by atoms with Gasteiger partial charge in [0.2, 0.25) is 17.4 Å². The Labute approximate surface area is 110 Å². The van der Waals surface area contributed by atoms with Crippen LogP contribution in [0.1, 0.15) is 19.8 Å². The van der Waals surface area contributed by atoms with Gasteiger partial charge in [-0.05, 0) is 6.42 Å².